The van der Waals surface area contributed by atoms with Crippen LogP contribution in [0.25, 0.3) is 6.08 Å². The quantitative estimate of drug-likeness (QED) is 0.203. The average Bonchev–Trinajstić information content (AvgIpc) is 3.16. The maximum absolute atomic E-state index is 14.6. The lowest BCUT2D eigenvalue weighted by atomic mass is 9.77. The second kappa shape index (κ2) is 16.8. The Morgan fingerprint density at radius 2 is 1.38 bits per heavy atom. The van der Waals surface area contributed by atoms with E-state index in [0.29, 0.717) is 43.1 Å². The van der Waals surface area contributed by atoms with Crippen molar-refractivity contribution in [3.63, 3.8) is 0 Å². The van der Waals surface area contributed by atoms with Crippen molar-refractivity contribution in [3.8, 4) is 35.3 Å². The van der Waals surface area contributed by atoms with E-state index < -0.39 is 29.4 Å². The molecule has 2 unspecified atom stereocenters. The number of hydrogen-bond donors (Lipinski definition) is 0. The summed E-state index contributed by atoms with van der Waals surface area (Å²) in [5.41, 5.74) is 2.08. The molecule has 0 N–H and O–H groups in total. The van der Waals surface area contributed by atoms with Crippen molar-refractivity contribution in [2.24, 2.45) is 23.7 Å². The van der Waals surface area contributed by atoms with Crippen LogP contribution in [0, 0.1) is 59.3 Å². The molecule has 2 fully saturated rings. The minimum absolute atomic E-state index is 0.0217. The van der Waals surface area contributed by atoms with Gasteiger partial charge in [-0.15, -0.1) is 6.42 Å². The molecule has 0 amide bonds. The molecule has 8 heteroatoms. The molecular formula is C42H52F4O4. The summed E-state index contributed by atoms with van der Waals surface area (Å²) in [6, 6.07) is 1.56. The molecule has 2 atom stereocenters. The van der Waals surface area contributed by atoms with E-state index in [4.69, 9.17) is 25.4 Å². The molecule has 0 aromatic heterocycles. The number of ether oxygens (including phenoxy) is 4. The molecule has 2 aromatic rings. The van der Waals surface area contributed by atoms with Crippen molar-refractivity contribution in [2.75, 3.05) is 13.2 Å². The van der Waals surface area contributed by atoms with E-state index in [0.717, 1.165) is 68.8 Å². The first kappa shape index (κ1) is 36.5. The van der Waals surface area contributed by atoms with Crippen molar-refractivity contribution < 1.29 is 36.5 Å². The van der Waals surface area contributed by atoms with Crippen LogP contribution in [0.1, 0.15) is 120 Å². The number of rotatable bonds is 8. The van der Waals surface area contributed by atoms with Crippen molar-refractivity contribution >= 4 is 6.08 Å². The zero-order chi connectivity index (χ0) is 35.2. The van der Waals surface area contributed by atoms with Gasteiger partial charge in [0, 0.05) is 22.6 Å². The molecule has 5 aliphatic rings. The van der Waals surface area contributed by atoms with Crippen LogP contribution >= 0.6 is 0 Å². The summed E-state index contributed by atoms with van der Waals surface area (Å²) in [6.45, 7) is 5.29. The van der Waals surface area contributed by atoms with Crippen LogP contribution in [0.5, 0.6) is 23.0 Å². The van der Waals surface area contributed by atoms with Gasteiger partial charge in [0.15, 0.2) is 29.1 Å². The van der Waals surface area contributed by atoms with Gasteiger partial charge in [-0.25, -0.2) is 0 Å². The highest BCUT2D eigenvalue weighted by molar-refractivity contribution is 5.68. The Hall–Kier alpha value is -3.34. The van der Waals surface area contributed by atoms with Gasteiger partial charge in [-0.2, -0.15) is 17.6 Å². The normalized spacial score (nSPS) is 25.9. The van der Waals surface area contributed by atoms with Gasteiger partial charge >= 0.3 is 0 Å². The van der Waals surface area contributed by atoms with Crippen LogP contribution in [-0.2, 0) is 12.8 Å². The Kier molecular flexibility index (Phi) is 12.2. The maximum Gasteiger partial charge on any atom is 0.205 e. The van der Waals surface area contributed by atoms with Crippen LogP contribution in [0.15, 0.2) is 12.1 Å². The lowest BCUT2D eigenvalue weighted by Crippen LogP contribution is -2.31. The topological polar surface area (TPSA) is 36.9 Å². The monoisotopic (exact) mass is 696 g/mol. The van der Waals surface area contributed by atoms with Crippen molar-refractivity contribution in [1.29, 1.82) is 0 Å². The fraction of sp³-hybridized carbons (Fsp3) is 0.619. The number of terminal acetylenes is 1. The second-order valence-electron chi connectivity index (χ2n) is 14.9. The zero-order valence-corrected chi connectivity index (χ0v) is 29.6. The van der Waals surface area contributed by atoms with E-state index in [9.17, 15) is 17.6 Å². The molecule has 7 rings (SSSR count). The Bertz CT molecular complexity index is 1550. The predicted octanol–water partition coefficient (Wildman–Crippen LogP) is 10.9. The smallest absolute Gasteiger partial charge is 0.205 e. The molecular weight excluding hydrogens is 644 g/mol. The van der Waals surface area contributed by atoms with Crippen molar-refractivity contribution in [2.45, 2.75) is 129 Å². The van der Waals surface area contributed by atoms with E-state index in [1.54, 1.807) is 6.07 Å². The van der Waals surface area contributed by atoms with Gasteiger partial charge in [0.2, 0.25) is 23.3 Å². The Morgan fingerprint density at radius 3 is 2.04 bits per heavy atom. The Balaban J connectivity index is 0.000000173. The maximum atomic E-state index is 14.6. The van der Waals surface area contributed by atoms with Gasteiger partial charge < -0.3 is 18.9 Å². The van der Waals surface area contributed by atoms with Gasteiger partial charge in [0.25, 0.3) is 0 Å². The SMILES string of the molecule is C#CC(Oc1cc2c(c(F)c1F)OCCC2)C1CCC(CCC)CC1.CCCC1CCC(C2C=Cc3c4c(c(F)c(F)c3O2)OCCC4)CC1. The first-order chi connectivity index (χ1) is 24.3. The van der Waals surface area contributed by atoms with Gasteiger partial charge in [-0.05, 0) is 81.3 Å². The number of aryl methyl sites for hydroxylation is 1. The Labute approximate surface area is 295 Å². The molecule has 50 heavy (non-hydrogen) atoms. The predicted molar refractivity (Wildman–Crippen MR) is 188 cm³/mol. The number of halogens is 4. The summed E-state index contributed by atoms with van der Waals surface area (Å²) in [7, 11) is 0. The van der Waals surface area contributed by atoms with Crippen LogP contribution in [0.2, 0.25) is 0 Å². The highest BCUT2D eigenvalue weighted by Crippen LogP contribution is 2.45. The molecule has 3 heterocycles. The third kappa shape index (κ3) is 7.92. The van der Waals surface area contributed by atoms with Gasteiger partial charge in [-0.1, -0.05) is 77.2 Å². The fourth-order valence-corrected chi connectivity index (χ4v) is 8.75. The molecule has 272 valence electrons. The fourth-order valence-electron chi connectivity index (χ4n) is 8.75. The molecule has 2 aliphatic carbocycles. The Morgan fingerprint density at radius 1 is 0.780 bits per heavy atom. The summed E-state index contributed by atoms with van der Waals surface area (Å²) in [5.74, 6) is 1.18. The number of fused-ring (bicyclic) bond motifs is 4. The zero-order valence-electron chi connectivity index (χ0n) is 29.6. The lowest BCUT2D eigenvalue weighted by molar-refractivity contribution is 0.119. The second-order valence-corrected chi connectivity index (χ2v) is 14.9. The first-order valence-electron chi connectivity index (χ1n) is 19.1. The molecule has 0 bridgehead atoms. The van der Waals surface area contributed by atoms with Gasteiger partial charge in [-0.3, -0.25) is 0 Å². The minimum atomic E-state index is -0.999. The molecule has 0 radical (unpaired) electrons. The molecule has 2 saturated carbocycles. The first-order valence-corrected chi connectivity index (χ1v) is 19.1. The van der Waals surface area contributed by atoms with Crippen LogP contribution in [0.4, 0.5) is 17.6 Å². The summed E-state index contributed by atoms with van der Waals surface area (Å²) >= 11 is 0. The van der Waals surface area contributed by atoms with Crippen molar-refractivity contribution in [3.05, 3.63) is 52.1 Å². The molecule has 2 aromatic carbocycles. The third-order valence-corrected chi connectivity index (χ3v) is 11.5. The molecule has 4 nitrogen and oxygen atoms in total. The summed E-state index contributed by atoms with van der Waals surface area (Å²) in [4.78, 5) is 0. The van der Waals surface area contributed by atoms with Gasteiger partial charge in [0.1, 0.15) is 6.10 Å². The molecule has 0 spiro atoms. The van der Waals surface area contributed by atoms with E-state index in [1.807, 2.05) is 12.2 Å². The standard InChI is InChI=1S/2C21H26F2O2/c1-2-4-13-6-8-14(9-7-13)17-11-10-16-15-5-3-12-24-20(15)18(22)19(23)21(16)25-17;1-3-6-14-8-10-15(11-9-14)17(4-2)25-18-13-16-7-5-12-24-21(16)20(23)19(18)22/h10-11,13-14,17H,2-9,12H2,1H3;2,13-15,17H,3,5-12H2,1H3. The van der Waals surface area contributed by atoms with E-state index >= 15 is 0 Å². The third-order valence-electron chi connectivity index (χ3n) is 11.5. The van der Waals surface area contributed by atoms with E-state index in [-0.39, 0.29) is 35.0 Å². The lowest BCUT2D eigenvalue weighted by Gasteiger charge is -2.35. The average molecular weight is 697 g/mol. The molecule has 3 aliphatic heterocycles. The van der Waals surface area contributed by atoms with Crippen LogP contribution in [0.3, 0.4) is 0 Å². The minimum Gasteiger partial charge on any atom is -0.490 e. The summed E-state index contributed by atoms with van der Waals surface area (Å²) < 4.78 is 79.9. The molecule has 0 saturated heterocycles. The largest absolute Gasteiger partial charge is 0.490 e. The van der Waals surface area contributed by atoms with E-state index in [1.165, 1.54) is 38.5 Å². The number of benzene rings is 2. The number of hydrogen-bond acceptors (Lipinski definition) is 4. The highest BCUT2D eigenvalue weighted by atomic mass is 19.2. The van der Waals surface area contributed by atoms with Gasteiger partial charge in [0.05, 0.1) is 13.2 Å². The van der Waals surface area contributed by atoms with E-state index in [2.05, 4.69) is 19.8 Å². The summed E-state index contributed by atoms with van der Waals surface area (Å²) in [6.07, 6.45) is 25.8. The summed E-state index contributed by atoms with van der Waals surface area (Å²) in [5, 5.41) is 0. The highest BCUT2D eigenvalue weighted by Gasteiger charge is 2.35. The van der Waals surface area contributed by atoms with Crippen molar-refractivity contribution in [1.82, 2.24) is 0 Å². The van der Waals surface area contributed by atoms with Crippen LogP contribution < -0.4 is 18.9 Å². The van der Waals surface area contributed by atoms with Crippen LogP contribution in [-0.4, -0.2) is 25.4 Å².